The van der Waals surface area contributed by atoms with Gasteiger partial charge in [0.1, 0.15) is 6.04 Å². The normalized spacial score (nSPS) is 14.8. The lowest BCUT2D eigenvalue weighted by molar-refractivity contribution is -0.140. The Morgan fingerprint density at radius 2 is 2.05 bits per heavy atom. The third kappa shape index (κ3) is 4.52. The molecule has 0 bridgehead atoms. The highest BCUT2D eigenvalue weighted by atomic mass is 19.4. The zero-order valence-corrected chi connectivity index (χ0v) is 11.4. The SMILES string of the molecule is CCCC(NC(C)c1cccc(C(F)(F)F)c1)C(=O)O. The van der Waals surface area contributed by atoms with Crippen molar-refractivity contribution in [1.29, 1.82) is 0 Å². The molecule has 0 aliphatic carbocycles. The standard InChI is InChI=1S/C14H18F3NO2/c1-3-5-12(13(19)20)18-9(2)10-6-4-7-11(8-10)14(15,16)17/h4,6-9,12,18H,3,5H2,1-2H3,(H,19,20). The summed E-state index contributed by atoms with van der Waals surface area (Å²) in [7, 11) is 0. The molecule has 0 aromatic heterocycles. The Balaban J connectivity index is 2.86. The van der Waals surface area contributed by atoms with Gasteiger partial charge in [0.05, 0.1) is 5.56 Å². The molecule has 0 amide bonds. The molecule has 2 unspecified atom stereocenters. The molecule has 0 fully saturated rings. The first-order valence-electron chi connectivity index (χ1n) is 6.41. The summed E-state index contributed by atoms with van der Waals surface area (Å²) in [6.07, 6.45) is -3.29. The minimum absolute atomic E-state index is 0.419. The second-order valence-electron chi connectivity index (χ2n) is 4.69. The molecule has 6 heteroatoms. The second kappa shape index (κ2) is 6.74. The van der Waals surface area contributed by atoms with Crippen molar-refractivity contribution in [3.05, 3.63) is 35.4 Å². The number of rotatable bonds is 6. The van der Waals surface area contributed by atoms with Crippen molar-refractivity contribution in [2.24, 2.45) is 0 Å². The van der Waals surface area contributed by atoms with Gasteiger partial charge in [-0.3, -0.25) is 10.1 Å². The number of carbonyl (C=O) groups is 1. The highest BCUT2D eigenvalue weighted by Gasteiger charge is 2.31. The van der Waals surface area contributed by atoms with Gasteiger partial charge >= 0.3 is 12.1 Å². The van der Waals surface area contributed by atoms with Gasteiger partial charge in [0.2, 0.25) is 0 Å². The molecule has 0 aliphatic rings. The number of hydrogen-bond donors (Lipinski definition) is 2. The quantitative estimate of drug-likeness (QED) is 0.841. The number of halogens is 3. The maximum absolute atomic E-state index is 12.6. The smallest absolute Gasteiger partial charge is 0.416 e. The fourth-order valence-corrected chi connectivity index (χ4v) is 1.95. The highest BCUT2D eigenvalue weighted by Crippen LogP contribution is 2.30. The van der Waals surface area contributed by atoms with Gasteiger partial charge in [0, 0.05) is 6.04 Å². The number of benzene rings is 1. The van der Waals surface area contributed by atoms with Gasteiger partial charge in [-0.05, 0) is 31.0 Å². The Morgan fingerprint density at radius 1 is 1.40 bits per heavy atom. The molecule has 112 valence electrons. The van der Waals surface area contributed by atoms with Crippen LogP contribution in [0.5, 0.6) is 0 Å². The minimum atomic E-state index is -4.40. The molecule has 0 saturated heterocycles. The molecular formula is C14H18F3NO2. The van der Waals surface area contributed by atoms with Gasteiger partial charge < -0.3 is 5.11 Å². The van der Waals surface area contributed by atoms with Crippen LogP contribution in [0.1, 0.15) is 43.9 Å². The van der Waals surface area contributed by atoms with Crippen LogP contribution in [-0.4, -0.2) is 17.1 Å². The molecule has 1 aromatic rings. The van der Waals surface area contributed by atoms with E-state index >= 15 is 0 Å². The number of nitrogens with one attached hydrogen (secondary N) is 1. The zero-order valence-electron chi connectivity index (χ0n) is 11.4. The van der Waals surface area contributed by atoms with E-state index < -0.39 is 29.8 Å². The lowest BCUT2D eigenvalue weighted by Gasteiger charge is -2.21. The van der Waals surface area contributed by atoms with Crippen LogP contribution < -0.4 is 5.32 Å². The molecule has 0 spiro atoms. The van der Waals surface area contributed by atoms with Crippen molar-refractivity contribution >= 4 is 5.97 Å². The Bertz CT molecular complexity index is 460. The summed E-state index contributed by atoms with van der Waals surface area (Å²) in [6, 6.07) is 3.69. The van der Waals surface area contributed by atoms with Crippen LogP contribution in [0, 0.1) is 0 Å². The van der Waals surface area contributed by atoms with Gasteiger partial charge in [-0.25, -0.2) is 0 Å². The third-order valence-corrected chi connectivity index (χ3v) is 3.04. The van der Waals surface area contributed by atoms with Crippen LogP contribution in [0.25, 0.3) is 0 Å². The summed E-state index contributed by atoms with van der Waals surface area (Å²) in [6.45, 7) is 3.51. The van der Waals surface area contributed by atoms with Gasteiger partial charge in [-0.1, -0.05) is 25.5 Å². The van der Waals surface area contributed by atoms with E-state index in [1.807, 2.05) is 6.92 Å². The minimum Gasteiger partial charge on any atom is -0.480 e. The monoisotopic (exact) mass is 289 g/mol. The van der Waals surface area contributed by atoms with Crippen LogP contribution >= 0.6 is 0 Å². The van der Waals surface area contributed by atoms with Crippen LogP contribution in [0.15, 0.2) is 24.3 Å². The van der Waals surface area contributed by atoms with Crippen LogP contribution in [0.2, 0.25) is 0 Å². The molecule has 1 rings (SSSR count). The average molecular weight is 289 g/mol. The van der Waals surface area contributed by atoms with E-state index in [2.05, 4.69) is 5.32 Å². The fourth-order valence-electron chi connectivity index (χ4n) is 1.95. The van der Waals surface area contributed by atoms with Crippen molar-refractivity contribution in [3.8, 4) is 0 Å². The van der Waals surface area contributed by atoms with E-state index in [-0.39, 0.29) is 0 Å². The second-order valence-corrected chi connectivity index (χ2v) is 4.69. The number of aliphatic carboxylic acids is 1. The van der Waals surface area contributed by atoms with E-state index in [4.69, 9.17) is 5.11 Å². The highest BCUT2D eigenvalue weighted by molar-refractivity contribution is 5.73. The topological polar surface area (TPSA) is 49.3 Å². The van der Waals surface area contributed by atoms with Crippen molar-refractivity contribution in [1.82, 2.24) is 5.32 Å². The molecule has 20 heavy (non-hydrogen) atoms. The molecule has 0 aliphatic heterocycles. The number of carboxylic acid groups (broad SMARTS) is 1. The fraction of sp³-hybridized carbons (Fsp3) is 0.500. The van der Waals surface area contributed by atoms with Gasteiger partial charge in [0.25, 0.3) is 0 Å². The molecule has 2 atom stereocenters. The van der Waals surface area contributed by atoms with Crippen molar-refractivity contribution in [3.63, 3.8) is 0 Å². The first-order valence-corrected chi connectivity index (χ1v) is 6.41. The van der Waals surface area contributed by atoms with Crippen molar-refractivity contribution in [2.75, 3.05) is 0 Å². The Morgan fingerprint density at radius 3 is 2.55 bits per heavy atom. The first-order chi connectivity index (χ1) is 9.25. The number of alkyl halides is 3. The summed E-state index contributed by atoms with van der Waals surface area (Å²) < 4.78 is 37.9. The number of carboxylic acids is 1. The third-order valence-electron chi connectivity index (χ3n) is 3.04. The number of hydrogen-bond acceptors (Lipinski definition) is 2. The van der Waals surface area contributed by atoms with Gasteiger partial charge in [0.15, 0.2) is 0 Å². The molecule has 1 aromatic carbocycles. The summed E-state index contributed by atoms with van der Waals surface area (Å²) in [4.78, 5) is 11.0. The maximum atomic E-state index is 12.6. The van der Waals surface area contributed by atoms with Crippen LogP contribution in [0.4, 0.5) is 13.2 Å². The Labute approximate surface area is 115 Å². The van der Waals surface area contributed by atoms with E-state index in [9.17, 15) is 18.0 Å². The van der Waals surface area contributed by atoms with Gasteiger partial charge in [-0.2, -0.15) is 13.2 Å². The predicted molar refractivity (Wildman–Crippen MR) is 69.3 cm³/mol. The van der Waals surface area contributed by atoms with Gasteiger partial charge in [-0.15, -0.1) is 0 Å². The first kappa shape index (κ1) is 16.5. The van der Waals surface area contributed by atoms with E-state index in [1.54, 1.807) is 13.0 Å². The molecular weight excluding hydrogens is 271 g/mol. The lowest BCUT2D eigenvalue weighted by atomic mass is 10.0. The summed E-state index contributed by atoms with van der Waals surface area (Å²) >= 11 is 0. The largest absolute Gasteiger partial charge is 0.480 e. The van der Waals surface area contributed by atoms with E-state index in [0.29, 0.717) is 18.4 Å². The molecule has 0 saturated carbocycles. The molecule has 0 radical (unpaired) electrons. The Hall–Kier alpha value is -1.56. The maximum Gasteiger partial charge on any atom is 0.416 e. The van der Waals surface area contributed by atoms with Crippen LogP contribution in [-0.2, 0) is 11.0 Å². The summed E-state index contributed by atoms with van der Waals surface area (Å²) in [5.74, 6) is -0.995. The molecule has 2 N–H and O–H groups in total. The zero-order chi connectivity index (χ0) is 15.3. The average Bonchev–Trinajstić information content (AvgIpc) is 2.37. The predicted octanol–water partition coefficient (Wildman–Crippen LogP) is 3.61. The summed E-state index contributed by atoms with van der Waals surface area (Å²) in [5, 5.41) is 11.9. The molecule has 3 nitrogen and oxygen atoms in total. The van der Waals surface area contributed by atoms with E-state index in [0.717, 1.165) is 12.1 Å². The Kier molecular flexibility index (Phi) is 5.56. The van der Waals surface area contributed by atoms with Crippen LogP contribution in [0.3, 0.4) is 0 Å². The molecule has 0 heterocycles. The summed E-state index contributed by atoms with van der Waals surface area (Å²) in [5.41, 5.74) is -0.312. The van der Waals surface area contributed by atoms with E-state index in [1.165, 1.54) is 6.07 Å². The lowest BCUT2D eigenvalue weighted by Crippen LogP contribution is -2.38. The van der Waals surface area contributed by atoms with Crippen molar-refractivity contribution < 1.29 is 23.1 Å². The van der Waals surface area contributed by atoms with Crippen molar-refractivity contribution in [2.45, 2.75) is 44.9 Å².